The van der Waals surface area contributed by atoms with Crippen LogP contribution in [0, 0.1) is 0 Å². The fourth-order valence-corrected chi connectivity index (χ4v) is 3.47. The van der Waals surface area contributed by atoms with Gasteiger partial charge in [0.25, 0.3) is 0 Å². The van der Waals surface area contributed by atoms with Gasteiger partial charge in [-0.2, -0.15) is 8.75 Å². The molecule has 0 aliphatic carbocycles. The normalized spacial score (nSPS) is 12.3. The van der Waals surface area contributed by atoms with E-state index in [2.05, 4.69) is 38.9 Å². The summed E-state index contributed by atoms with van der Waals surface area (Å²) in [6.07, 6.45) is 0. The van der Waals surface area contributed by atoms with Gasteiger partial charge in [0.15, 0.2) is 0 Å². The number of ether oxygens (including phenoxy) is 1. The summed E-state index contributed by atoms with van der Waals surface area (Å²) in [6.45, 7) is 5.20. The summed E-state index contributed by atoms with van der Waals surface area (Å²) >= 11 is 1.14. The number of fused-ring (bicyclic) bond motifs is 1. The zero-order valence-corrected chi connectivity index (χ0v) is 15.9. The van der Waals surface area contributed by atoms with Crippen molar-refractivity contribution in [3.8, 4) is 5.75 Å². The van der Waals surface area contributed by atoms with Crippen LogP contribution in [-0.2, 0) is 4.79 Å². The molecule has 0 radical (unpaired) electrons. The van der Waals surface area contributed by atoms with Gasteiger partial charge in [-0.05, 0) is 43.3 Å². The number of hydrogen-bond acceptors (Lipinski definition) is 6. The number of amides is 1. The van der Waals surface area contributed by atoms with E-state index in [0.29, 0.717) is 12.2 Å². The third kappa shape index (κ3) is 4.00. The molecule has 136 valence electrons. The smallest absolute Gasteiger partial charge is 0.238 e. The number of carbonyl (C=O) groups is 1. The Kier molecular flexibility index (Phi) is 5.80. The highest BCUT2D eigenvalue weighted by Gasteiger charge is 2.18. The second-order valence-electron chi connectivity index (χ2n) is 6.00. The predicted octanol–water partition coefficient (Wildman–Crippen LogP) is 3.72. The first-order valence-electron chi connectivity index (χ1n) is 8.51. The summed E-state index contributed by atoms with van der Waals surface area (Å²) in [7, 11) is 1.66. The lowest BCUT2D eigenvalue weighted by atomic mass is 10.1. The highest BCUT2D eigenvalue weighted by Crippen LogP contribution is 2.24. The number of carbonyl (C=O) groups excluding carboxylic acids is 1. The van der Waals surface area contributed by atoms with E-state index < -0.39 is 0 Å². The van der Waals surface area contributed by atoms with E-state index in [1.807, 2.05) is 36.4 Å². The van der Waals surface area contributed by atoms with E-state index >= 15 is 0 Å². The summed E-state index contributed by atoms with van der Waals surface area (Å²) in [5, 5.41) is 2.96. The van der Waals surface area contributed by atoms with E-state index in [-0.39, 0.29) is 11.9 Å². The molecule has 0 saturated heterocycles. The van der Waals surface area contributed by atoms with Crippen molar-refractivity contribution in [3.05, 3.63) is 48.0 Å². The Bertz CT molecular complexity index is 896. The first kappa shape index (κ1) is 18.3. The number of nitrogens with one attached hydrogen (secondary N) is 1. The number of nitrogens with zero attached hydrogens (tertiary/aromatic N) is 3. The van der Waals surface area contributed by atoms with E-state index in [4.69, 9.17) is 4.74 Å². The lowest BCUT2D eigenvalue weighted by Gasteiger charge is -2.27. The van der Waals surface area contributed by atoms with Crippen LogP contribution in [0.25, 0.3) is 11.0 Å². The molecule has 3 aromatic rings. The number of methoxy groups -OCH3 is 1. The molecule has 7 heteroatoms. The lowest BCUT2D eigenvalue weighted by molar-refractivity contribution is -0.117. The minimum atomic E-state index is -0.0675. The van der Waals surface area contributed by atoms with Gasteiger partial charge in [0.1, 0.15) is 16.8 Å². The van der Waals surface area contributed by atoms with Crippen LogP contribution < -0.4 is 10.1 Å². The number of anilines is 1. The molecule has 0 saturated carbocycles. The van der Waals surface area contributed by atoms with Gasteiger partial charge in [0, 0.05) is 6.04 Å². The Morgan fingerprint density at radius 2 is 2.08 bits per heavy atom. The fraction of sp³-hybridized carbons (Fsp3) is 0.316. The highest BCUT2D eigenvalue weighted by molar-refractivity contribution is 7.00. The van der Waals surface area contributed by atoms with Gasteiger partial charge in [-0.25, -0.2) is 0 Å². The quantitative estimate of drug-likeness (QED) is 0.686. The SMILES string of the molecule is CCN(CC(=O)Nc1cccc2nsnc12)C(C)c1cccc(OC)c1. The number of hydrogen-bond donors (Lipinski definition) is 1. The summed E-state index contributed by atoms with van der Waals surface area (Å²) in [4.78, 5) is 14.7. The minimum Gasteiger partial charge on any atom is -0.497 e. The standard InChI is InChI=1S/C19H22N4O2S/c1-4-23(13(2)14-7-5-8-15(11-14)25-3)12-18(24)20-16-9-6-10-17-19(16)22-26-21-17/h5-11,13H,4,12H2,1-3H3,(H,20,24). The Morgan fingerprint density at radius 1 is 1.27 bits per heavy atom. The van der Waals surface area contributed by atoms with Gasteiger partial charge >= 0.3 is 0 Å². The molecule has 1 amide bonds. The zero-order valence-electron chi connectivity index (χ0n) is 15.1. The highest BCUT2D eigenvalue weighted by atomic mass is 32.1. The van der Waals surface area contributed by atoms with Crippen molar-refractivity contribution >= 4 is 34.4 Å². The minimum absolute atomic E-state index is 0.0675. The maximum Gasteiger partial charge on any atom is 0.238 e. The zero-order chi connectivity index (χ0) is 18.5. The number of aromatic nitrogens is 2. The van der Waals surface area contributed by atoms with Crippen LogP contribution in [0.15, 0.2) is 42.5 Å². The van der Waals surface area contributed by atoms with Gasteiger partial charge in [-0.3, -0.25) is 9.69 Å². The van der Waals surface area contributed by atoms with E-state index in [0.717, 1.165) is 40.6 Å². The molecule has 0 aliphatic heterocycles. The van der Waals surface area contributed by atoms with Gasteiger partial charge in [0.05, 0.1) is 31.1 Å². The summed E-state index contributed by atoms with van der Waals surface area (Å²) in [5.74, 6) is 0.750. The molecule has 1 heterocycles. The second kappa shape index (κ2) is 8.25. The number of likely N-dealkylation sites (N-methyl/N-ethyl adjacent to an activating group) is 1. The molecule has 26 heavy (non-hydrogen) atoms. The van der Waals surface area contributed by atoms with Gasteiger partial charge in [-0.1, -0.05) is 25.1 Å². The Labute approximate surface area is 157 Å². The molecule has 2 aromatic carbocycles. The van der Waals surface area contributed by atoms with Crippen molar-refractivity contribution in [1.82, 2.24) is 13.6 Å². The van der Waals surface area contributed by atoms with Crippen molar-refractivity contribution in [2.24, 2.45) is 0 Å². The molecule has 1 aromatic heterocycles. The molecule has 6 nitrogen and oxygen atoms in total. The Morgan fingerprint density at radius 3 is 2.85 bits per heavy atom. The topological polar surface area (TPSA) is 67.4 Å². The maximum atomic E-state index is 12.6. The third-order valence-corrected chi connectivity index (χ3v) is 4.98. The number of benzene rings is 2. The second-order valence-corrected chi connectivity index (χ2v) is 6.53. The average Bonchev–Trinajstić information content (AvgIpc) is 3.15. The van der Waals surface area contributed by atoms with E-state index in [1.165, 1.54) is 0 Å². The van der Waals surface area contributed by atoms with Crippen molar-refractivity contribution in [1.29, 1.82) is 0 Å². The molecule has 3 rings (SSSR count). The van der Waals surface area contributed by atoms with Crippen LogP contribution in [0.3, 0.4) is 0 Å². The Balaban J connectivity index is 1.70. The molecule has 1 atom stereocenters. The number of rotatable bonds is 7. The van der Waals surface area contributed by atoms with Crippen LogP contribution in [-0.4, -0.2) is 39.8 Å². The largest absolute Gasteiger partial charge is 0.497 e. The van der Waals surface area contributed by atoms with Crippen molar-refractivity contribution < 1.29 is 9.53 Å². The first-order chi connectivity index (χ1) is 12.6. The fourth-order valence-electron chi connectivity index (χ4n) is 2.92. The molecular weight excluding hydrogens is 348 g/mol. The van der Waals surface area contributed by atoms with Gasteiger partial charge in [0.2, 0.25) is 5.91 Å². The summed E-state index contributed by atoms with van der Waals surface area (Å²) in [6, 6.07) is 13.6. The van der Waals surface area contributed by atoms with Crippen LogP contribution in [0.1, 0.15) is 25.5 Å². The third-order valence-electron chi connectivity index (χ3n) is 4.44. The monoisotopic (exact) mass is 370 g/mol. The van der Waals surface area contributed by atoms with Crippen molar-refractivity contribution in [2.75, 3.05) is 25.5 Å². The predicted molar refractivity (Wildman–Crippen MR) is 105 cm³/mol. The Hall–Kier alpha value is -2.51. The van der Waals surface area contributed by atoms with Crippen LogP contribution in [0.4, 0.5) is 5.69 Å². The average molecular weight is 370 g/mol. The van der Waals surface area contributed by atoms with Crippen LogP contribution in [0.5, 0.6) is 5.75 Å². The van der Waals surface area contributed by atoms with Crippen LogP contribution >= 0.6 is 11.7 Å². The maximum absolute atomic E-state index is 12.6. The van der Waals surface area contributed by atoms with Crippen molar-refractivity contribution in [3.63, 3.8) is 0 Å². The molecule has 0 aliphatic rings. The molecule has 1 N–H and O–H groups in total. The van der Waals surface area contributed by atoms with E-state index in [1.54, 1.807) is 7.11 Å². The molecule has 0 spiro atoms. The first-order valence-corrected chi connectivity index (χ1v) is 9.24. The molecule has 1 unspecified atom stereocenters. The van der Waals surface area contributed by atoms with Crippen LogP contribution in [0.2, 0.25) is 0 Å². The lowest BCUT2D eigenvalue weighted by Crippen LogP contribution is -2.35. The summed E-state index contributed by atoms with van der Waals surface area (Å²) in [5.41, 5.74) is 3.34. The van der Waals surface area contributed by atoms with E-state index in [9.17, 15) is 4.79 Å². The van der Waals surface area contributed by atoms with Crippen molar-refractivity contribution in [2.45, 2.75) is 19.9 Å². The van der Waals surface area contributed by atoms with Gasteiger partial charge < -0.3 is 10.1 Å². The molecule has 0 fully saturated rings. The molecular formula is C19H22N4O2S. The molecule has 0 bridgehead atoms. The summed E-state index contributed by atoms with van der Waals surface area (Å²) < 4.78 is 13.8. The van der Waals surface area contributed by atoms with Gasteiger partial charge in [-0.15, -0.1) is 0 Å².